The van der Waals surface area contributed by atoms with Crippen LogP contribution >= 0.6 is 0 Å². The molecule has 1 heteroatoms. The molecule has 3 rings (SSSR count). The molecule has 1 aliphatic rings. The summed E-state index contributed by atoms with van der Waals surface area (Å²) in [6, 6.07) is 19.0. The molecule has 2 aromatic carbocycles. The van der Waals surface area contributed by atoms with Crippen molar-refractivity contribution >= 4 is 5.57 Å². The molecule has 2 aromatic rings. The Balaban J connectivity index is 1.91. The van der Waals surface area contributed by atoms with E-state index in [1.165, 1.54) is 16.7 Å². The second-order valence-electron chi connectivity index (χ2n) is 5.70. The van der Waals surface area contributed by atoms with Crippen LogP contribution in [0.1, 0.15) is 31.4 Å². The number of allylic oxidation sites excluding steroid dienone is 2. The van der Waals surface area contributed by atoms with Crippen molar-refractivity contribution in [3.63, 3.8) is 0 Å². The van der Waals surface area contributed by atoms with Crippen LogP contribution in [0.5, 0.6) is 5.75 Å². The molecule has 0 fully saturated rings. The molecule has 0 radical (unpaired) electrons. The maximum absolute atomic E-state index is 5.87. The van der Waals surface area contributed by atoms with Gasteiger partial charge in [0.05, 0.1) is 6.61 Å². The fourth-order valence-corrected chi connectivity index (χ4v) is 3.00. The highest BCUT2D eigenvalue weighted by Crippen LogP contribution is 2.43. The van der Waals surface area contributed by atoms with E-state index in [1.54, 1.807) is 0 Å². The molecule has 102 valence electrons. The van der Waals surface area contributed by atoms with E-state index in [1.807, 2.05) is 6.07 Å². The van der Waals surface area contributed by atoms with E-state index >= 15 is 0 Å². The lowest BCUT2D eigenvalue weighted by molar-refractivity contribution is 0.281. The summed E-state index contributed by atoms with van der Waals surface area (Å²) in [5.74, 6) is 1.04. The Hall–Kier alpha value is -2.02. The molecular weight excluding hydrogens is 244 g/mol. The van der Waals surface area contributed by atoms with Gasteiger partial charge in [-0.2, -0.15) is 0 Å². The minimum atomic E-state index is 0.0638. The van der Waals surface area contributed by atoms with Gasteiger partial charge in [-0.3, -0.25) is 0 Å². The Kier molecular flexibility index (Phi) is 3.35. The Morgan fingerprint density at radius 2 is 1.80 bits per heavy atom. The van der Waals surface area contributed by atoms with Gasteiger partial charge in [0.15, 0.2) is 0 Å². The first kappa shape index (κ1) is 13.0. The van der Waals surface area contributed by atoms with Gasteiger partial charge in [0.2, 0.25) is 0 Å². The van der Waals surface area contributed by atoms with Crippen molar-refractivity contribution in [1.29, 1.82) is 0 Å². The van der Waals surface area contributed by atoms with Gasteiger partial charge in [-0.15, -0.1) is 0 Å². The Morgan fingerprint density at radius 1 is 1.10 bits per heavy atom. The van der Waals surface area contributed by atoms with Crippen molar-refractivity contribution in [1.82, 2.24) is 0 Å². The fraction of sp³-hybridized carbons (Fsp3) is 0.263. The molecule has 0 spiro atoms. The van der Waals surface area contributed by atoms with Gasteiger partial charge in [0, 0.05) is 11.0 Å². The van der Waals surface area contributed by atoms with Gasteiger partial charge in [0.1, 0.15) is 5.75 Å². The number of para-hydroxylation sites is 1. The highest BCUT2D eigenvalue weighted by molar-refractivity contribution is 5.67. The standard InChI is InChI=1S/C19H20O/c1-3-15(16-9-5-4-6-10-16)13-19(2)14-20-18-12-8-7-11-17(18)19/h3-12H,13-14H2,1-2H3/b15-3-. The third kappa shape index (κ3) is 2.24. The highest BCUT2D eigenvalue weighted by Gasteiger charge is 2.36. The quantitative estimate of drug-likeness (QED) is 0.771. The topological polar surface area (TPSA) is 9.23 Å². The Bertz CT molecular complexity index is 627. The van der Waals surface area contributed by atoms with Crippen molar-refractivity contribution in [3.05, 3.63) is 71.8 Å². The smallest absolute Gasteiger partial charge is 0.123 e. The Labute approximate surface area is 120 Å². The van der Waals surface area contributed by atoms with Gasteiger partial charge in [-0.25, -0.2) is 0 Å². The summed E-state index contributed by atoms with van der Waals surface area (Å²) in [5, 5.41) is 0. The van der Waals surface area contributed by atoms with Crippen LogP contribution in [0.3, 0.4) is 0 Å². The molecule has 1 aliphatic heterocycles. The van der Waals surface area contributed by atoms with Gasteiger partial charge in [0.25, 0.3) is 0 Å². The van der Waals surface area contributed by atoms with Gasteiger partial charge in [-0.05, 0) is 30.5 Å². The molecule has 1 unspecified atom stereocenters. The van der Waals surface area contributed by atoms with Crippen LogP contribution in [0.4, 0.5) is 0 Å². The third-order valence-corrected chi connectivity index (χ3v) is 4.16. The summed E-state index contributed by atoms with van der Waals surface area (Å²) in [5.41, 5.74) is 4.08. The van der Waals surface area contributed by atoms with Gasteiger partial charge in [-0.1, -0.05) is 61.5 Å². The minimum absolute atomic E-state index is 0.0638. The lowest BCUT2D eigenvalue weighted by Crippen LogP contribution is -2.24. The molecular formula is C19H20O. The molecule has 1 atom stereocenters. The fourth-order valence-electron chi connectivity index (χ4n) is 3.00. The van der Waals surface area contributed by atoms with E-state index in [2.05, 4.69) is 68.5 Å². The monoisotopic (exact) mass is 264 g/mol. The van der Waals surface area contributed by atoms with Crippen LogP contribution in [0, 0.1) is 0 Å². The van der Waals surface area contributed by atoms with E-state index in [0.29, 0.717) is 0 Å². The number of ether oxygens (including phenoxy) is 1. The molecule has 0 bridgehead atoms. The molecule has 1 heterocycles. The average Bonchev–Trinajstić information content (AvgIpc) is 2.84. The first-order valence-corrected chi connectivity index (χ1v) is 7.16. The lowest BCUT2D eigenvalue weighted by Gasteiger charge is -2.24. The Morgan fingerprint density at radius 3 is 2.55 bits per heavy atom. The predicted molar refractivity (Wildman–Crippen MR) is 84.0 cm³/mol. The molecule has 1 nitrogen and oxygen atoms in total. The zero-order chi connectivity index (χ0) is 14.0. The van der Waals surface area contributed by atoms with Crippen LogP contribution in [0.25, 0.3) is 5.57 Å². The minimum Gasteiger partial charge on any atom is -0.492 e. The molecule has 20 heavy (non-hydrogen) atoms. The number of benzene rings is 2. The molecule has 0 saturated heterocycles. The molecule has 0 saturated carbocycles. The van der Waals surface area contributed by atoms with E-state index in [9.17, 15) is 0 Å². The van der Waals surface area contributed by atoms with Gasteiger partial charge >= 0.3 is 0 Å². The number of fused-ring (bicyclic) bond motifs is 1. The number of rotatable bonds is 3. The van der Waals surface area contributed by atoms with Crippen molar-refractivity contribution in [2.45, 2.75) is 25.7 Å². The van der Waals surface area contributed by atoms with E-state index < -0.39 is 0 Å². The summed E-state index contributed by atoms with van der Waals surface area (Å²) in [7, 11) is 0. The zero-order valence-corrected chi connectivity index (χ0v) is 12.1. The molecule has 0 aromatic heterocycles. The first-order chi connectivity index (χ1) is 9.73. The summed E-state index contributed by atoms with van der Waals surface area (Å²) < 4.78 is 5.87. The second-order valence-corrected chi connectivity index (χ2v) is 5.70. The van der Waals surface area contributed by atoms with E-state index in [-0.39, 0.29) is 5.41 Å². The van der Waals surface area contributed by atoms with Crippen LogP contribution in [-0.4, -0.2) is 6.61 Å². The van der Waals surface area contributed by atoms with Gasteiger partial charge < -0.3 is 4.74 Å². The van der Waals surface area contributed by atoms with Crippen LogP contribution in [-0.2, 0) is 5.41 Å². The predicted octanol–water partition coefficient (Wildman–Crippen LogP) is 4.83. The summed E-state index contributed by atoms with van der Waals surface area (Å²) in [6.45, 7) is 5.18. The van der Waals surface area contributed by atoms with Crippen LogP contribution in [0.2, 0.25) is 0 Å². The largest absolute Gasteiger partial charge is 0.492 e. The third-order valence-electron chi connectivity index (χ3n) is 4.16. The summed E-state index contributed by atoms with van der Waals surface area (Å²) >= 11 is 0. The lowest BCUT2D eigenvalue weighted by atomic mass is 9.77. The van der Waals surface area contributed by atoms with Crippen molar-refractivity contribution < 1.29 is 4.74 Å². The second kappa shape index (κ2) is 5.16. The zero-order valence-electron chi connectivity index (χ0n) is 12.1. The maximum atomic E-state index is 5.87. The first-order valence-electron chi connectivity index (χ1n) is 7.16. The van der Waals surface area contributed by atoms with Crippen molar-refractivity contribution in [2.75, 3.05) is 6.61 Å². The van der Waals surface area contributed by atoms with Crippen LogP contribution in [0.15, 0.2) is 60.7 Å². The number of hydrogen-bond acceptors (Lipinski definition) is 1. The molecule has 0 N–H and O–H groups in total. The van der Waals surface area contributed by atoms with E-state index in [4.69, 9.17) is 4.74 Å². The molecule has 0 amide bonds. The summed E-state index contributed by atoms with van der Waals surface area (Å²) in [4.78, 5) is 0. The molecule has 0 aliphatic carbocycles. The maximum Gasteiger partial charge on any atom is 0.123 e. The van der Waals surface area contributed by atoms with Crippen molar-refractivity contribution in [3.8, 4) is 5.75 Å². The van der Waals surface area contributed by atoms with Crippen molar-refractivity contribution in [2.24, 2.45) is 0 Å². The van der Waals surface area contributed by atoms with Crippen LogP contribution < -0.4 is 4.74 Å². The summed E-state index contributed by atoms with van der Waals surface area (Å²) in [6.07, 6.45) is 3.23. The SMILES string of the molecule is C/C=C(/CC1(C)COc2ccccc21)c1ccccc1. The van der Waals surface area contributed by atoms with E-state index in [0.717, 1.165) is 18.8 Å². The highest BCUT2D eigenvalue weighted by atomic mass is 16.5. The average molecular weight is 264 g/mol. The number of hydrogen-bond donors (Lipinski definition) is 0. The normalized spacial score (nSPS) is 21.4.